The number of likely N-dealkylation sites (tertiary alicyclic amines) is 1. The van der Waals surface area contributed by atoms with Crippen molar-refractivity contribution in [3.8, 4) is 6.07 Å². The first-order chi connectivity index (χ1) is 14.1. The minimum atomic E-state index is -0.417. The molecule has 2 aromatic rings. The van der Waals surface area contributed by atoms with Crippen molar-refractivity contribution in [1.29, 1.82) is 5.26 Å². The lowest BCUT2D eigenvalue weighted by atomic mass is 10.0. The summed E-state index contributed by atoms with van der Waals surface area (Å²) in [6.45, 7) is 4.14. The zero-order valence-electron chi connectivity index (χ0n) is 15.9. The Morgan fingerprint density at radius 1 is 1.34 bits per heavy atom. The van der Waals surface area contributed by atoms with Gasteiger partial charge in [0.25, 0.3) is 0 Å². The lowest BCUT2D eigenvalue weighted by Gasteiger charge is -2.23. The number of pyridine rings is 1. The quantitative estimate of drug-likeness (QED) is 0.677. The van der Waals surface area contributed by atoms with Crippen LogP contribution in [-0.2, 0) is 11.2 Å². The molecule has 0 aliphatic carbocycles. The first kappa shape index (κ1) is 20.6. The van der Waals surface area contributed by atoms with Gasteiger partial charge in [0, 0.05) is 29.6 Å². The van der Waals surface area contributed by atoms with E-state index in [1.165, 1.54) is 17.8 Å². The Morgan fingerprint density at radius 2 is 2.14 bits per heavy atom. The van der Waals surface area contributed by atoms with E-state index >= 15 is 0 Å². The number of carbonyl (C=O) groups excluding carboxylic acids is 2. The molecule has 0 spiro atoms. The fraction of sp³-hybridized carbons (Fsp3) is 0.273. The van der Waals surface area contributed by atoms with Crippen molar-refractivity contribution in [3.05, 3.63) is 78.1 Å². The Balaban J connectivity index is 1.72. The number of hydrogen-bond acceptors (Lipinski definition) is 6. The highest BCUT2D eigenvalue weighted by molar-refractivity contribution is 8.14. The maximum absolute atomic E-state index is 12.6. The minimum absolute atomic E-state index is 0.00802. The summed E-state index contributed by atoms with van der Waals surface area (Å²) in [7, 11) is 0. The SMILES string of the molecule is C=CCOC(=O)N1C[C@@H](SC(=O)c2ccccc2)C[C@H]1Cc1ccnc(C#N)c1. The van der Waals surface area contributed by atoms with Crippen molar-refractivity contribution >= 4 is 23.0 Å². The molecule has 1 saturated heterocycles. The van der Waals surface area contributed by atoms with E-state index in [0.29, 0.717) is 30.6 Å². The third kappa shape index (κ3) is 5.46. The topological polar surface area (TPSA) is 83.3 Å². The molecule has 3 rings (SSSR count). The fourth-order valence-electron chi connectivity index (χ4n) is 3.32. The van der Waals surface area contributed by atoms with E-state index < -0.39 is 6.09 Å². The highest BCUT2D eigenvalue weighted by atomic mass is 32.2. The van der Waals surface area contributed by atoms with Crippen molar-refractivity contribution in [3.63, 3.8) is 0 Å². The molecule has 2 atom stereocenters. The van der Waals surface area contributed by atoms with E-state index in [-0.39, 0.29) is 23.0 Å². The zero-order valence-corrected chi connectivity index (χ0v) is 16.7. The number of hydrogen-bond donors (Lipinski definition) is 0. The van der Waals surface area contributed by atoms with Crippen molar-refractivity contribution < 1.29 is 14.3 Å². The van der Waals surface area contributed by atoms with Gasteiger partial charge in [-0.15, -0.1) is 0 Å². The van der Waals surface area contributed by atoms with Gasteiger partial charge in [0.1, 0.15) is 18.4 Å². The zero-order chi connectivity index (χ0) is 20.6. The number of amides is 1. The molecule has 2 heterocycles. The van der Waals surface area contributed by atoms with Gasteiger partial charge in [0.05, 0.1) is 0 Å². The van der Waals surface area contributed by atoms with E-state index in [1.54, 1.807) is 29.3 Å². The Bertz CT molecular complexity index is 926. The molecule has 1 amide bonds. The summed E-state index contributed by atoms with van der Waals surface area (Å²) in [5.41, 5.74) is 1.91. The average molecular weight is 407 g/mol. The molecule has 1 aliphatic rings. The van der Waals surface area contributed by atoms with Crippen LogP contribution in [0.25, 0.3) is 0 Å². The Labute approximate surface area is 174 Å². The molecule has 1 fully saturated rings. The summed E-state index contributed by atoms with van der Waals surface area (Å²) in [5, 5.41) is 9.03. The summed E-state index contributed by atoms with van der Waals surface area (Å²) in [6, 6.07) is 14.6. The molecule has 0 bridgehead atoms. The molecule has 6 nitrogen and oxygen atoms in total. The predicted octanol–water partition coefficient (Wildman–Crippen LogP) is 3.83. The molecule has 7 heteroatoms. The molecule has 1 aromatic heterocycles. The van der Waals surface area contributed by atoms with E-state index in [1.807, 2.05) is 30.3 Å². The number of carbonyl (C=O) groups is 2. The normalized spacial score (nSPS) is 18.1. The number of aromatic nitrogens is 1. The monoisotopic (exact) mass is 407 g/mol. The summed E-state index contributed by atoms with van der Waals surface area (Å²) >= 11 is 1.25. The number of ether oxygens (including phenoxy) is 1. The summed E-state index contributed by atoms with van der Waals surface area (Å²) in [6.07, 6.45) is 3.93. The summed E-state index contributed by atoms with van der Waals surface area (Å²) < 4.78 is 5.24. The molecule has 148 valence electrons. The van der Waals surface area contributed by atoms with Crippen LogP contribution in [0.3, 0.4) is 0 Å². The number of rotatable bonds is 6. The van der Waals surface area contributed by atoms with E-state index in [9.17, 15) is 9.59 Å². The lowest BCUT2D eigenvalue weighted by molar-refractivity contribution is 0.107. The second-order valence-corrected chi connectivity index (χ2v) is 7.94. The lowest BCUT2D eigenvalue weighted by Crippen LogP contribution is -2.37. The van der Waals surface area contributed by atoms with Crippen LogP contribution in [0, 0.1) is 11.3 Å². The number of benzene rings is 1. The van der Waals surface area contributed by atoms with Crippen molar-refractivity contribution in [2.75, 3.05) is 13.2 Å². The molecule has 0 N–H and O–H groups in total. The van der Waals surface area contributed by atoms with Gasteiger partial charge in [-0.3, -0.25) is 4.79 Å². The first-order valence-electron chi connectivity index (χ1n) is 9.26. The van der Waals surface area contributed by atoms with Crippen LogP contribution in [0.2, 0.25) is 0 Å². The van der Waals surface area contributed by atoms with Crippen LogP contribution in [0.5, 0.6) is 0 Å². The smallest absolute Gasteiger partial charge is 0.410 e. The van der Waals surface area contributed by atoms with Crippen LogP contribution in [-0.4, -0.2) is 45.5 Å². The molecule has 29 heavy (non-hydrogen) atoms. The second-order valence-electron chi connectivity index (χ2n) is 6.67. The highest BCUT2D eigenvalue weighted by Crippen LogP contribution is 2.32. The molecular formula is C22H21N3O3S. The Hall–Kier alpha value is -3.11. The second kappa shape index (κ2) is 9.89. The molecule has 0 unspecified atom stereocenters. The number of nitrogens with zero attached hydrogens (tertiary/aromatic N) is 3. The number of thioether (sulfide) groups is 1. The third-order valence-electron chi connectivity index (χ3n) is 4.63. The van der Waals surface area contributed by atoms with E-state index in [4.69, 9.17) is 10.00 Å². The molecular weight excluding hydrogens is 386 g/mol. The standard InChI is InChI=1S/C22H21N3O3S/c1-2-10-28-22(27)25-15-20(29-21(26)17-6-4-3-5-7-17)13-19(25)12-16-8-9-24-18(11-16)14-23/h2-9,11,19-20H,1,10,12-13,15H2/t19-,20+/m1/s1. The van der Waals surface area contributed by atoms with Gasteiger partial charge >= 0.3 is 6.09 Å². The van der Waals surface area contributed by atoms with Crippen molar-refractivity contribution in [2.45, 2.75) is 24.1 Å². The highest BCUT2D eigenvalue weighted by Gasteiger charge is 2.37. The third-order valence-corrected chi connectivity index (χ3v) is 5.75. The van der Waals surface area contributed by atoms with Crippen LogP contribution in [0.4, 0.5) is 4.79 Å². The van der Waals surface area contributed by atoms with E-state index in [2.05, 4.69) is 11.6 Å². The largest absolute Gasteiger partial charge is 0.445 e. The van der Waals surface area contributed by atoms with Crippen molar-refractivity contribution in [1.82, 2.24) is 9.88 Å². The molecule has 1 aliphatic heterocycles. The average Bonchev–Trinajstić information content (AvgIpc) is 3.14. The Kier molecular flexibility index (Phi) is 7.04. The van der Waals surface area contributed by atoms with Gasteiger partial charge < -0.3 is 9.64 Å². The minimum Gasteiger partial charge on any atom is -0.445 e. The van der Waals surface area contributed by atoms with Crippen molar-refractivity contribution in [2.24, 2.45) is 0 Å². The van der Waals surface area contributed by atoms with Crippen LogP contribution in [0.15, 0.2) is 61.3 Å². The van der Waals surface area contributed by atoms with Gasteiger partial charge in [-0.2, -0.15) is 5.26 Å². The maximum atomic E-state index is 12.6. The summed E-state index contributed by atoms with van der Waals surface area (Å²) in [4.78, 5) is 30.8. The van der Waals surface area contributed by atoms with Gasteiger partial charge in [0.15, 0.2) is 0 Å². The molecule has 0 radical (unpaired) electrons. The van der Waals surface area contributed by atoms with Gasteiger partial charge in [-0.1, -0.05) is 54.7 Å². The van der Waals surface area contributed by atoms with Gasteiger partial charge in [0.2, 0.25) is 5.12 Å². The molecule has 0 saturated carbocycles. The van der Waals surface area contributed by atoms with Crippen LogP contribution < -0.4 is 0 Å². The fourth-order valence-corrected chi connectivity index (χ4v) is 4.45. The summed E-state index contributed by atoms with van der Waals surface area (Å²) in [5.74, 6) is 0. The van der Waals surface area contributed by atoms with Crippen LogP contribution in [0.1, 0.15) is 28.0 Å². The van der Waals surface area contributed by atoms with Crippen LogP contribution >= 0.6 is 11.8 Å². The Morgan fingerprint density at radius 3 is 2.86 bits per heavy atom. The first-order valence-corrected chi connectivity index (χ1v) is 10.1. The number of nitriles is 1. The van der Waals surface area contributed by atoms with Gasteiger partial charge in [-0.25, -0.2) is 9.78 Å². The van der Waals surface area contributed by atoms with Gasteiger partial charge in [-0.05, 0) is 30.5 Å². The van der Waals surface area contributed by atoms with E-state index in [0.717, 1.165) is 5.56 Å². The molecule has 1 aromatic carbocycles. The maximum Gasteiger partial charge on any atom is 0.410 e. The predicted molar refractivity (Wildman–Crippen MR) is 111 cm³/mol.